The molecule has 0 saturated heterocycles. The molecule has 0 aliphatic heterocycles. The van der Waals surface area contributed by atoms with E-state index in [0.717, 1.165) is 0 Å². The van der Waals surface area contributed by atoms with Gasteiger partial charge in [-0.1, -0.05) is 0 Å². The minimum Gasteiger partial charge on any atom is -0.465 e. The zero-order chi connectivity index (χ0) is 19.4. The number of carbonyl (C=O) groups is 3. The van der Waals surface area contributed by atoms with Crippen LogP contribution in [0, 0.1) is 13.8 Å². The Bertz CT molecular complexity index is 876. The first kappa shape index (κ1) is 19.7. The Morgan fingerprint density at radius 1 is 1.27 bits per heavy atom. The van der Waals surface area contributed by atoms with E-state index < -0.39 is 23.8 Å². The van der Waals surface area contributed by atoms with Crippen LogP contribution in [-0.2, 0) is 14.3 Å². The highest BCUT2D eigenvalue weighted by molar-refractivity contribution is 9.10. The summed E-state index contributed by atoms with van der Waals surface area (Å²) in [6.07, 6.45) is 1.57. The smallest absolute Gasteiger partial charge is 0.339 e. The predicted octanol–water partition coefficient (Wildman–Crippen LogP) is 3.60. The second kappa shape index (κ2) is 8.18. The van der Waals surface area contributed by atoms with Gasteiger partial charge in [-0.25, -0.2) is 9.59 Å². The van der Waals surface area contributed by atoms with E-state index in [1.807, 2.05) is 0 Å². The number of halogens is 1. The van der Waals surface area contributed by atoms with E-state index in [2.05, 4.69) is 20.9 Å². The van der Waals surface area contributed by atoms with Crippen LogP contribution >= 0.6 is 15.9 Å². The number of aromatic nitrogens is 1. The number of hydrogen-bond acceptors (Lipinski definition) is 6. The van der Waals surface area contributed by atoms with Crippen LogP contribution in [0.25, 0.3) is 6.08 Å². The molecule has 2 aromatic rings. The van der Waals surface area contributed by atoms with E-state index in [9.17, 15) is 14.4 Å². The summed E-state index contributed by atoms with van der Waals surface area (Å²) in [7, 11) is 1.27. The van der Waals surface area contributed by atoms with Gasteiger partial charge in [0.1, 0.15) is 5.76 Å². The molecule has 0 fully saturated rings. The summed E-state index contributed by atoms with van der Waals surface area (Å²) in [4.78, 5) is 39.1. The fourth-order valence-electron chi connectivity index (χ4n) is 2.44. The Morgan fingerprint density at radius 2 is 1.96 bits per heavy atom. The van der Waals surface area contributed by atoms with Gasteiger partial charge in [0.15, 0.2) is 10.8 Å². The third kappa shape index (κ3) is 4.32. The fourth-order valence-corrected chi connectivity index (χ4v) is 2.76. The van der Waals surface area contributed by atoms with Crippen molar-refractivity contribution in [2.45, 2.75) is 26.9 Å². The quantitative estimate of drug-likeness (QED) is 0.432. The minimum atomic E-state index is -1.03. The minimum absolute atomic E-state index is 0.210. The molecule has 0 aliphatic rings. The Labute approximate surface area is 158 Å². The highest BCUT2D eigenvalue weighted by atomic mass is 79.9. The topological polar surface area (TPSA) is 98.6 Å². The van der Waals surface area contributed by atoms with E-state index in [1.54, 1.807) is 26.0 Å². The molecule has 0 bridgehead atoms. The van der Waals surface area contributed by atoms with Crippen LogP contribution in [-0.4, -0.2) is 35.9 Å². The number of carbonyl (C=O) groups excluding carboxylic acids is 3. The van der Waals surface area contributed by atoms with Crippen LogP contribution in [0.3, 0.4) is 0 Å². The first-order chi connectivity index (χ1) is 12.2. The molecule has 0 aromatic carbocycles. The second-order valence-electron chi connectivity index (χ2n) is 5.54. The third-order valence-electron chi connectivity index (χ3n) is 3.71. The maximum atomic E-state index is 12.5. The Morgan fingerprint density at radius 3 is 2.54 bits per heavy atom. The third-order valence-corrected chi connectivity index (χ3v) is 4.14. The number of methoxy groups -OCH3 is 1. The average molecular weight is 424 g/mol. The van der Waals surface area contributed by atoms with Crippen molar-refractivity contribution in [1.29, 1.82) is 0 Å². The van der Waals surface area contributed by atoms with Crippen molar-refractivity contribution in [3.05, 3.63) is 51.2 Å². The highest BCUT2D eigenvalue weighted by Gasteiger charge is 2.26. The normalized spacial score (nSPS) is 12.2. The SMILES string of the molecule is COC(=O)c1c(C)[nH]c(C(=O)C(C)OC(=O)/C=C/c2ccc(Br)o2)c1C. The van der Waals surface area contributed by atoms with E-state index >= 15 is 0 Å². The lowest BCUT2D eigenvalue weighted by atomic mass is 10.1. The Hall–Kier alpha value is -2.61. The molecule has 1 N–H and O–H groups in total. The van der Waals surface area contributed by atoms with Gasteiger partial charge in [-0.05, 0) is 60.5 Å². The molecule has 26 heavy (non-hydrogen) atoms. The summed E-state index contributed by atoms with van der Waals surface area (Å²) in [5.74, 6) is -1.20. The largest absolute Gasteiger partial charge is 0.465 e. The molecule has 0 amide bonds. The first-order valence-electron chi connectivity index (χ1n) is 7.70. The maximum Gasteiger partial charge on any atom is 0.339 e. The molecule has 138 valence electrons. The number of esters is 2. The standard InChI is InChI=1S/C18H18BrNO6/c1-9-15(18(23)24-4)10(2)20-16(9)17(22)11(3)25-14(21)8-6-12-5-7-13(19)26-12/h5-8,11,20H,1-4H3/b8-6+. The number of aromatic amines is 1. The monoisotopic (exact) mass is 423 g/mol. The Balaban J connectivity index is 2.09. The van der Waals surface area contributed by atoms with Crippen molar-refractivity contribution in [2.75, 3.05) is 7.11 Å². The molecular weight excluding hydrogens is 406 g/mol. The average Bonchev–Trinajstić information content (AvgIpc) is 3.14. The highest BCUT2D eigenvalue weighted by Crippen LogP contribution is 2.21. The number of ether oxygens (including phenoxy) is 2. The number of furan rings is 1. The van der Waals surface area contributed by atoms with E-state index in [4.69, 9.17) is 13.9 Å². The number of hydrogen-bond donors (Lipinski definition) is 1. The van der Waals surface area contributed by atoms with Crippen LogP contribution < -0.4 is 0 Å². The summed E-state index contributed by atoms with van der Waals surface area (Å²) >= 11 is 3.16. The van der Waals surface area contributed by atoms with Gasteiger partial charge in [-0.3, -0.25) is 4.79 Å². The van der Waals surface area contributed by atoms with E-state index in [0.29, 0.717) is 27.3 Å². The second-order valence-corrected chi connectivity index (χ2v) is 6.32. The van der Waals surface area contributed by atoms with Crippen molar-refractivity contribution in [3.63, 3.8) is 0 Å². The van der Waals surface area contributed by atoms with E-state index in [1.165, 1.54) is 26.2 Å². The summed E-state index contributed by atoms with van der Waals surface area (Å²) < 4.78 is 15.6. The summed E-state index contributed by atoms with van der Waals surface area (Å²) in [6.45, 7) is 4.76. The van der Waals surface area contributed by atoms with Crippen molar-refractivity contribution in [1.82, 2.24) is 4.98 Å². The van der Waals surface area contributed by atoms with Gasteiger partial charge in [0.05, 0.1) is 18.4 Å². The molecule has 8 heteroatoms. The van der Waals surface area contributed by atoms with Crippen LogP contribution in [0.4, 0.5) is 0 Å². The van der Waals surface area contributed by atoms with Crippen molar-refractivity contribution >= 4 is 39.7 Å². The molecule has 2 aromatic heterocycles. The molecule has 2 heterocycles. The zero-order valence-corrected chi connectivity index (χ0v) is 16.3. The summed E-state index contributed by atoms with van der Waals surface area (Å²) in [6, 6.07) is 3.36. The lowest BCUT2D eigenvalue weighted by Gasteiger charge is -2.10. The lowest BCUT2D eigenvalue weighted by Crippen LogP contribution is -2.24. The van der Waals surface area contributed by atoms with Crippen LogP contribution in [0.5, 0.6) is 0 Å². The first-order valence-corrected chi connectivity index (χ1v) is 8.49. The van der Waals surface area contributed by atoms with Gasteiger partial charge in [0.25, 0.3) is 0 Å². The van der Waals surface area contributed by atoms with Gasteiger partial charge < -0.3 is 18.9 Å². The molecule has 0 spiro atoms. The molecule has 2 rings (SSSR count). The van der Waals surface area contributed by atoms with Crippen molar-refractivity contribution < 1.29 is 28.3 Å². The molecule has 1 atom stereocenters. The van der Waals surface area contributed by atoms with Gasteiger partial charge in [0, 0.05) is 11.8 Å². The number of rotatable bonds is 6. The summed E-state index contributed by atoms with van der Waals surface area (Å²) in [5, 5.41) is 0. The molecule has 0 aliphatic carbocycles. The van der Waals surface area contributed by atoms with Gasteiger partial charge in [-0.15, -0.1) is 0 Å². The molecular formula is C18H18BrNO6. The van der Waals surface area contributed by atoms with Crippen molar-refractivity contribution in [2.24, 2.45) is 0 Å². The van der Waals surface area contributed by atoms with Crippen LogP contribution in [0.1, 0.15) is 44.8 Å². The lowest BCUT2D eigenvalue weighted by molar-refractivity contribution is -0.140. The number of H-pyrrole nitrogens is 1. The number of nitrogens with one attached hydrogen (secondary N) is 1. The van der Waals surface area contributed by atoms with Crippen LogP contribution in [0.15, 0.2) is 27.3 Å². The summed E-state index contributed by atoms with van der Waals surface area (Å²) in [5.41, 5.74) is 1.48. The Kier molecular flexibility index (Phi) is 6.20. The van der Waals surface area contributed by atoms with E-state index in [-0.39, 0.29) is 5.69 Å². The predicted molar refractivity (Wildman–Crippen MR) is 96.9 cm³/mol. The maximum absolute atomic E-state index is 12.5. The van der Waals surface area contributed by atoms with Crippen LogP contribution in [0.2, 0.25) is 0 Å². The van der Waals surface area contributed by atoms with Gasteiger partial charge in [-0.2, -0.15) is 0 Å². The number of aryl methyl sites for hydroxylation is 1. The molecule has 7 nitrogen and oxygen atoms in total. The molecule has 0 radical (unpaired) electrons. The van der Waals surface area contributed by atoms with Gasteiger partial charge in [0.2, 0.25) is 5.78 Å². The van der Waals surface area contributed by atoms with Crippen molar-refractivity contribution in [3.8, 4) is 0 Å². The van der Waals surface area contributed by atoms with Gasteiger partial charge >= 0.3 is 11.9 Å². The fraction of sp³-hybridized carbons (Fsp3) is 0.278. The molecule has 0 saturated carbocycles. The zero-order valence-electron chi connectivity index (χ0n) is 14.7. The molecule has 1 unspecified atom stereocenters. The number of ketones is 1. The number of Topliss-reactive ketones (excluding diaryl/α,β-unsaturated/α-hetero) is 1.